The lowest BCUT2D eigenvalue weighted by Crippen LogP contribution is -2.54. The third-order valence-corrected chi connectivity index (χ3v) is 8.05. The summed E-state index contributed by atoms with van der Waals surface area (Å²) in [6, 6.07) is 28.9. The van der Waals surface area contributed by atoms with Crippen molar-refractivity contribution in [1.82, 2.24) is 0 Å². The van der Waals surface area contributed by atoms with Gasteiger partial charge >= 0.3 is 11.9 Å². The SMILES string of the molecule is O=C(O)C(CC1CC(C(COCc2ccccc2)OCc2ccccc2)C(OCc2ccccc2)[C@H](COCC(O)CO)O1)C(=O)O. The van der Waals surface area contributed by atoms with Gasteiger partial charge in [-0.1, -0.05) is 91.0 Å². The van der Waals surface area contributed by atoms with Gasteiger partial charge in [-0.3, -0.25) is 9.59 Å². The third kappa shape index (κ3) is 11.8. The van der Waals surface area contributed by atoms with Crippen molar-refractivity contribution in [2.45, 2.75) is 63.2 Å². The summed E-state index contributed by atoms with van der Waals surface area (Å²) in [4.78, 5) is 23.7. The second kappa shape index (κ2) is 19.2. The lowest BCUT2D eigenvalue weighted by atomic mass is 9.82. The molecule has 0 spiro atoms. The number of carboxylic acid groups (broad SMARTS) is 2. The van der Waals surface area contributed by atoms with Gasteiger partial charge in [0.15, 0.2) is 5.92 Å². The van der Waals surface area contributed by atoms with Gasteiger partial charge in [-0.2, -0.15) is 0 Å². The van der Waals surface area contributed by atoms with Crippen molar-refractivity contribution in [3.63, 3.8) is 0 Å². The van der Waals surface area contributed by atoms with Gasteiger partial charge in [0.2, 0.25) is 0 Å². The highest BCUT2D eigenvalue weighted by molar-refractivity contribution is 5.92. The van der Waals surface area contributed by atoms with Gasteiger partial charge in [-0.05, 0) is 29.5 Å². The van der Waals surface area contributed by atoms with Crippen LogP contribution in [0.1, 0.15) is 29.5 Å². The molecule has 1 fully saturated rings. The van der Waals surface area contributed by atoms with Gasteiger partial charge in [0.25, 0.3) is 0 Å². The summed E-state index contributed by atoms with van der Waals surface area (Å²) in [5.74, 6) is -5.03. The molecule has 6 atom stereocenters. The normalized spacial score (nSPS) is 20.9. The van der Waals surface area contributed by atoms with Crippen LogP contribution in [0.15, 0.2) is 91.0 Å². The van der Waals surface area contributed by atoms with E-state index in [1.54, 1.807) is 0 Å². The third-order valence-electron chi connectivity index (χ3n) is 8.05. The fourth-order valence-corrected chi connectivity index (χ4v) is 5.62. The number of hydrogen-bond donors (Lipinski definition) is 4. The first-order chi connectivity index (χ1) is 22.8. The Kier molecular flexibility index (Phi) is 14.8. The quantitative estimate of drug-likeness (QED) is 0.132. The highest BCUT2D eigenvalue weighted by Gasteiger charge is 2.45. The highest BCUT2D eigenvalue weighted by atomic mass is 16.6. The summed E-state index contributed by atoms with van der Waals surface area (Å²) < 4.78 is 31.3. The van der Waals surface area contributed by atoms with E-state index < -0.39 is 60.9 Å². The van der Waals surface area contributed by atoms with E-state index in [0.29, 0.717) is 6.61 Å². The largest absolute Gasteiger partial charge is 0.481 e. The van der Waals surface area contributed by atoms with E-state index in [9.17, 15) is 30.0 Å². The number of carboxylic acids is 2. The molecule has 4 N–H and O–H groups in total. The zero-order valence-electron chi connectivity index (χ0n) is 26.2. The van der Waals surface area contributed by atoms with Gasteiger partial charge in [-0.15, -0.1) is 0 Å². The molecule has 11 nitrogen and oxygen atoms in total. The minimum atomic E-state index is -1.68. The Bertz CT molecular complexity index is 1310. The summed E-state index contributed by atoms with van der Waals surface area (Å²) in [7, 11) is 0. The molecule has 0 radical (unpaired) electrons. The number of aliphatic hydroxyl groups is 2. The van der Waals surface area contributed by atoms with Crippen molar-refractivity contribution in [3.05, 3.63) is 108 Å². The van der Waals surface area contributed by atoms with Crippen LogP contribution in [0, 0.1) is 11.8 Å². The molecule has 1 heterocycles. The number of rotatable bonds is 20. The van der Waals surface area contributed by atoms with Crippen LogP contribution in [-0.2, 0) is 53.1 Å². The molecule has 11 heteroatoms. The Labute approximate surface area is 274 Å². The first kappa shape index (κ1) is 36.2. The number of aliphatic hydroxyl groups excluding tert-OH is 2. The molecule has 3 aromatic carbocycles. The van der Waals surface area contributed by atoms with Crippen molar-refractivity contribution >= 4 is 11.9 Å². The molecule has 0 saturated carbocycles. The van der Waals surface area contributed by atoms with Crippen molar-refractivity contribution in [3.8, 4) is 0 Å². The Morgan fingerprint density at radius 3 is 1.87 bits per heavy atom. The number of hydrogen-bond acceptors (Lipinski definition) is 9. The summed E-state index contributed by atoms with van der Waals surface area (Å²) >= 11 is 0. The maximum absolute atomic E-state index is 11.9. The van der Waals surface area contributed by atoms with Gasteiger partial charge in [0.05, 0.1) is 64.6 Å². The molecule has 3 aromatic rings. The topological polar surface area (TPSA) is 161 Å². The summed E-state index contributed by atoms with van der Waals surface area (Å²) in [5.41, 5.74) is 2.85. The molecule has 1 aliphatic heterocycles. The highest BCUT2D eigenvalue weighted by Crippen LogP contribution is 2.36. The molecule has 5 unspecified atom stereocenters. The van der Waals surface area contributed by atoms with E-state index >= 15 is 0 Å². The van der Waals surface area contributed by atoms with Crippen LogP contribution in [0.5, 0.6) is 0 Å². The predicted molar refractivity (Wildman–Crippen MR) is 170 cm³/mol. The lowest BCUT2D eigenvalue weighted by Gasteiger charge is -2.45. The second-order valence-corrected chi connectivity index (χ2v) is 11.6. The zero-order chi connectivity index (χ0) is 33.4. The first-order valence-electron chi connectivity index (χ1n) is 15.7. The van der Waals surface area contributed by atoms with Crippen LogP contribution in [0.4, 0.5) is 0 Å². The molecule has 4 rings (SSSR count). The van der Waals surface area contributed by atoms with Crippen LogP contribution < -0.4 is 0 Å². The van der Waals surface area contributed by atoms with E-state index in [4.69, 9.17) is 23.7 Å². The fourth-order valence-electron chi connectivity index (χ4n) is 5.62. The minimum Gasteiger partial charge on any atom is -0.481 e. The zero-order valence-corrected chi connectivity index (χ0v) is 26.2. The number of aliphatic carboxylic acids is 2. The maximum Gasteiger partial charge on any atom is 0.317 e. The number of benzene rings is 3. The van der Waals surface area contributed by atoms with E-state index in [1.165, 1.54) is 0 Å². The first-order valence-corrected chi connectivity index (χ1v) is 15.7. The van der Waals surface area contributed by atoms with Crippen LogP contribution in [0.3, 0.4) is 0 Å². The summed E-state index contributed by atoms with van der Waals surface area (Å²) in [6.45, 7) is 0.280. The maximum atomic E-state index is 11.9. The fraction of sp³-hybridized carbons (Fsp3) is 0.444. The van der Waals surface area contributed by atoms with Crippen LogP contribution in [0.25, 0.3) is 0 Å². The van der Waals surface area contributed by atoms with E-state index in [2.05, 4.69) is 0 Å². The van der Waals surface area contributed by atoms with Crippen LogP contribution in [-0.4, -0.2) is 89.3 Å². The molecule has 47 heavy (non-hydrogen) atoms. The van der Waals surface area contributed by atoms with Gasteiger partial charge < -0.3 is 44.1 Å². The average Bonchev–Trinajstić information content (AvgIpc) is 3.09. The predicted octanol–water partition coefficient (Wildman–Crippen LogP) is 3.69. The summed E-state index contributed by atoms with van der Waals surface area (Å²) in [5, 5.41) is 38.5. The molecule has 0 amide bonds. The Morgan fingerprint density at radius 2 is 1.32 bits per heavy atom. The van der Waals surface area contributed by atoms with Crippen molar-refractivity contribution in [2.75, 3.05) is 26.4 Å². The number of carbonyl (C=O) groups is 2. The monoisotopic (exact) mass is 652 g/mol. The van der Waals surface area contributed by atoms with E-state index in [0.717, 1.165) is 16.7 Å². The van der Waals surface area contributed by atoms with Gasteiger partial charge in [0.1, 0.15) is 12.2 Å². The van der Waals surface area contributed by atoms with E-state index in [1.807, 2.05) is 91.0 Å². The number of ether oxygens (including phenoxy) is 5. The average molecular weight is 653 g/mol. The molecular weight excluding hydrogens is 608 g/mol. The molecule has 0 aliphatic carbocycles. The molecule has 1 aliphatic rings. The van der Waals surface area contributed by atoms with Crippen LogP contribution in [0.2, 0.25) is 0 Å². The molecular formula is C36H44O11. The van der Waals surface area contributed by atoms with E-state index in [-0.39, 0.29) is 45.9 Å². The molecule has 254 valence electrons. The Balaban J connectivity index is 1.64. The molecule has 1 saturated heterocycles. The smallest absolute Gasteiger partial charge is 0.317 e. The minimum absolute atomic E-state index is 0.0649. The van der Waals surface area contributed by atoms with Gasteiger partial charge in [-0.25, -0.2) is 0 Å². The van der Waals surface area contributed by atoms with Crippen molar-refractivity contribution < 1.29 is 53.7 Å². The Hall–Kier alpha value is -3.68. The van der Waals surface area contributed by atoms with Gasteiger partial charge in [0, 0.05) is 5.92 Å². The van der Waals surface area contributed by atoms with Crippen molar-refractivity contribution in [2.24, 2.45) is 11.8 Å². The second-order valence-electron chi connectivity index (χ2n) is 11.6. The standard InChI is InChI=1S/C36H44O11/c37-18-28(38)22-44-24-33-34(46-21-27-14-8-3-9-15-27)30(16-29(47-33)17-31(35(39)40)36(41)42)32(45-20-26-12-6-2-7-13-26)23-43-19-25-10-4-1-5-11-25/h1-15,28-34,37-38H,16-24H2,(H,39,40)(H,41,42)/t28?,29?,30?,32?,33-,34?/m0/s1. The summed E-state index contributed by atoms with van der Waals surface area (Å²) in [6.07, 6.45) is -3.93. The van der Waals surface area contributed by atoms with Crippen LogP contribution >= 0.6 is 0 Å². The lowest BCUT2D eigenvalue weighted by molar-refractivity contribution is -0.220. The molecule has 0 bridgehead atoms. The Morgan fingerprint density at radius 1 is 0.766 bits per heavy atom. The van der Waals surface area contributed by atoms with Crippen molar-refractivity contribution in [1.29, 1.82) is 0 Å². The molecule has 0 aromatic heterocycles.